The van der Waals surface area contributed by atoms with E-state index in [1.165, 1.54) is 95.5 Å². The van der Waals surface area contributed by atoms with E-state index in [1.54, 1.807) is 138 Å². The number of esters is 10. The zero-order valence-electron chi connectivity index (χ0n) is 77.6. The van der Waals surface area contributed by atoms with Crippen LogP contribution in [0.25, 0.3) is 0 Å². The van der Waals surface area contributed by atoms with Crippen molar-refractivity contribution in [3.63, 3.8) is 0 Å². The number of thioether (sulfide) groups is 18. The molecule has 0 radical (unpaired) electrons. The molecule has 0 aliphatic carbocycles. The van der Waals surface area contributed by atoms with Crippen LogP contribution in [0.3, 0.4) is 0 Å². The van der Waals surface area contributed by atoms with Gasteiger partial charge in [-0.25, -0.2) is 47.9 Å². The monoisotopic (exact) mass is 2250 g/mol. The van der Waals surface area contributed by atoms with Crippen LogP contribution in [-0.4, -0.2) is 341 Å². The number of hydrogen-bond acceptors (Lipinski definition) is 48. The van der Waals surface area contributed by atoms with Crippen LogP contribution >= 0.6 is 212 Å². The van der Waals surface area contributed by atoms with Crippen molar-refractivity contribution in [2.24, 2.45) is 0 Å². The van der Waals surface area contributed by atoms with E-state index in [1.807, 2.05) is 70.6 Å². The van der Waals surface area contributed by atoms with Crippen molar-refractivity contribution in [1.82, 2.24) is 0 Å². The zero-order valence-corrected chi connectivity index (χ0v) is 92.3. The summed E-state index contributed by atoms with van der Waals surface area (Å²) in [6.45, 7) is 51.1. The third-order valence-electron chi connectivity index (χ3n) is 15.3. The van der Waals surface area contributed by atoms with Crippen molar-refractivity contribution in [2.75, 3.05) is 204 Å². The zero-order chi connectivity index (χ0) is 101. The van der Waals surface area contributed by atoms with E-state index in [0.717, 1.165) is 161 Å². The van der Waals surface area contributed by atoms with E-state index < -0.39 is 17.9 Å². The van der Waals surface area contributed by atoms with Gasteiger partial charge in [0.15, 0.2) is 27.2 Å². The van der Waals surface area contributed by atoms with Crippen LogP contribution in [-0.2, 0) is 143 Å². The molecule has 12 atom stereocenters. The largest absolute Gasteiger partial charge is 0.447 e. The van der Waals surface area contributed by atoms with E-state index in [2.05, 4.69) is 78.9 Å². The maximum atomic E-state index is 11.0. The molecule has 30 nitrogen and oxygen atoms in total. The number of rotatable bonds is 24. The fourth-order valence-corrected chi connectivity index (χ4v) is 27.8. The molecule has 0 bridgehead atoms. The molecule has 12 saturated heterocycles. The summed E-state index contributed by atoms with van der Waals surface area (Å²) in [5.74, 6) is 20.2. The quantitative estimate of drug-likeness (QED) is 0.0492. The predicted octanol–water partition coefficient (Wildman–Crippen LogP) is 16.6. The molecular formula is C89H130O30S18. The number of carbonyl (C=O) groups excluding carboxylic acids is 12. The summed E-state index contributed by atoms with van der Waals surface area (Å²) >= 11 is 30.8. The van der Waals surface area contributed by atoms with Crippen LogP contribution in [0.2, 0.25) is 0 Å². The van der Waals surface area contributed by atoms with Gasteiger partial charge in [0, 0.05) is 135 Å². The molecule has 12 unspecified atom stereocenters. The van der Waals surface area contributed by atoms with Gasteiger partial charge in [0.2, 0.25) is 41.7 Å². The second-order valence-corrected chi connectivity index (χ2v) is 48.6. The Labute approximate surface area is 884 Å². The lowest BCUT2D eigenvalue weighted by Gasteiger charge is -2.21. The molecular weight excluding hydrogens is 2130 g/mol. The highest BCUT2D eigenvalue weighted by atomic mass is 32.2. The lowest BCUT2D eigenvalue weighted by molar-refractivity contribution is -0.169. The third kappa shape index (κ3) is 76.2. The Hall–Kier alpha value is -3.10. The van der Waals surface area contributed by atoms with Gasteiger partial charge in [-0.05, 0) is 93.1 Å². The van der Waals surface area contributed by atoms with E-state index in [-0.39, 0.29) is 111 Å². The first-order valence-electron chi connectivity index (χ1n) is 42.4. The molecule has 137 heavy (non-hydrogen) atoms. The molecule has 12 aliphatic rings. The Bertz CT molecular complexity index is 3230. The molecule has 0 aromatic rings. The van der Waals surface area contributed by atoms with Crippen LogP contribution in [0, 0.1) is 0 Å². The number of carbonyl (C=O) groups is 12. The summed E-state index contributed by atoms with van der Waals surface area (Å²) in [5.41, 5.74) is 0.873. The second-order valence-electron chi connectivity index (χ2n) is 26.7. The van der Waals surface area contributed by atoms with Gasteiger partial charge < -0.3 is 85.3 Å². The van der Waals surface area contributed by atoms with Crippen LogP contribution < -0.4 is 0 Å². The van der Waals surface area contributed by atoms with Crippen molar-refractivity contribution in [3.05, 3.63) is 150 Å². The highest BCUT2D eigenvalue weighted by Crippen LogP contribution is 2.35. The maximum absolute atomic E-state index is 11.0. The van der Waals surface area contributed by atoms with E-state index in [4.69, 9.17) is 85.3 Å². The van der Waals surface area contributed by atoms with Crippen LogP contribution in [0.15, 0.2) is 150 Å². The minimum Gasteiger partial charge on any atom is -0.447 e. The topological polar surface area (TPSA) is 371 Å². The molecule has 48 heteroatoms. The predicted molar refractivity (Wildman–Crippen MR) is 582 cm³/mol. The molecule has 0 spiro atoms. The van der Waals surface area contributed by atoms with Crippen LogP contribution in [0.5, 0.6) is 0 Å². The number of hydrogen-bond donors (Lipinski definition) is 0. The Kier molecular flexibility index (Phi) is 86.0. The molecule has 12 rings (SSSR count). The molecule has 0 amide bonds. The highest BCUT2D eigenvalue weighted by molar-refractivity contribution is 8.26. The lowest BCUT2D eigenvalue weighted by Crippen LogP contribution is -2.28. The molecule has 0 aromatic heterocycles. The summed E-state index contributed by atoms with van der Waals surface area (Å²) in [5, 5.41) is 0.208. The summed E-state index contributed by atoms with van der Waals surface area (Å²) in [7, 11) is 0. The first-order chi connectivity index (χ1) is 66.0. The Morgan fingerprint density at radius 3 is 0.934 bits per heavy atom. The Balaban J connectivity index is 0.000000748. The highest BCUT2D eigenvalue weighted by Gasteiger charge is 2.27. The van der Waals surface area contributed by atoms with E-state index in [9.17, 15) is 57.5 Å². The van der Waals surface area contributed by atoms with Crippen molar-refractivity contribution in [2.45, 2.75) is 114 Å². The smallest absolute Gasteiger partial charge is 0.335 e. The second kappa shape index (κ2) is 89.3. The Morgan fingerprint density at radius 2 is 0.540 bits per heavy atom. The number of ether oxygens (including phenoxy) is 18. The van der Waals surface area contributed by atoms with Gasteiger partial charge >= 0.3 is 59.7 Å². The summed E-state index contributed by atoms with van der Waals surface area (Å²) in [6, 6.07) is 0. The van der Waals surface area contributed by atoms with Gasteiger partial charge in [0.1, 0.15) is 0 Å². The summed E-state index contributed by atoms with van der Waals surface area (Å²) in [4.78, 5) is 130. The average Bonchev–Trinajstić information content (AvgIpc) is 1.92. The fourth-order valence-electron chi connectivity index (χ4n) is 8.92. The molecule has 12 fully saturated rings. The van der Waals surface area contributed by atoms with E-state index >= 15 is 0 Å². The van der Waals surface area contributed by atoms with Gasteiger partial charge in [0.05, 0.1) is 103 Å². The first kappa shape index (κ1) is 132. The van der Waals surface area contributed by atoms with Crippen molar-refractivity contribution >= 4 is 282 Å². The minimum atomic E-state index is -0.424. The van der Waals surface area contributed by atoms with Gasteiger partial charge in [-0.15, -0.1) is 106 Å². The molecule has 0 saturated carbocycles. The minimum absolute atomic E-state index is 0.0306. The fraction of sp³-hybridized carbons (Fsp3) is 0.596. The first-order valence-corrected chi connectivity index (χ1v) is 61.9. The summed E-state index contributed by atoms with van der Waals surface area (Å²) < 4.78 is 91.5. The maximum Gasteiger partial charge on any atom is 0.335 e. The molecule has 12 heterocycles. The van der Waals surface area contributed by atoms with Gasteiger partial charge in [0.25, 0.3) is 0 Å². The molecule has 0 N–H and O–H groups in total. The molecule has 0 aromatic carbocycles. The van der Waals surface area contributed by atoms with Crippen molar-refractivity contribution in [1.29, 1.82) is 0 Å². The van der Waals surface area contributed by atoms with Gasteiger partial charge in [-0.1, -0.05) is 102 Å². The molecule has 774 valence electrons. The molecule has 12 aliphatic heterocycles. The van der Waals surface area contributed by atoms with Gasteiger partial charge in [-0.2, -0.15) is 82.3 Å². The third-order valence-corrected chi connectivity index (χ3v) is 36.6. The summed E-state index contributed by atoms with van der Waals surface area (Å²) in [6.07, 6.45) is 13.6. The van der Waals surface area contributed by atoms with Gasteiger partial charge in [-0.3, -0.25) is 9.59 Å². The van der Waals surface area contributed by atoms with Crippen molar-refractivity contribution < 1.29 is 143 Å². The standard InChI is InChI=1S/4C8H12O3S.C8H12O2S2.C8H12OS3.3C7H10O3S.C7H10O2S2.C7H10OS3.C6H8O3S/c1-6(2)8(9)11-7-5-12-4-3-10-7;1-6(2)8(9)11-7-5-10-3-4-12-7;1-2-7(9)11-8-6-12-5-3-4-10-8;1-2-7(9)11-8-6-10-4-3-5-12-8;1-2-7(9)10-8-6-11-4-3-5-12-8;1-2-7(9)12-8-6-10-4-3-5-11-8;1-5(2)7(8)10-6-3-11-4-9-6;1-2-6(8)10-7-5-11-4-3-9-7;1-2-6(8)10-7-5-9-3-4-11-7;1-2-6(8)9-7-5-10-3-4-11-7;1-2-6(8)11-7-5-9-3-4-10-7;1-2-5(7)9-6-3-10-4-8-6/h2*7H,1,3-5H2,2H3;4*2,8H,1,3-6H2;6H,1,3-4H2,2H3;4*2,7H,1,3-5H2;2,6H,1,3-4H2. The normalized spacial score (nSPS) is 24.0. The van der Waals surface area contributed by atoms with Crippen LogP contribution in [0.1, 0.15) is 46.5 Å². The van der Waals surface area contributed by atoms with Crippen molar-refractivity contribution in [3.8, 4) is 0 Å². The average molecular weight is 2260 g/mol. The van der Waals surface area contributed by atoms with Crippen LogP contribution in [0.4, 0.5) is 0 Å². The Morgan fingerprint density at radius 1 is 0.255 bits per heavy atom. The lowest BCUT2D eigenvalue weighted by atomic mass is 10.4. The SMILES string of the molecule is C=C(C)C(=O)OC1COCCS1.C=C(C)C(=O)OC1CSCCO1.C=C(C)C(=O)OC1CSCO1.C=CC(=O)OC1COCCCS1.C=CC(=O)OC1COCCS1.C=CC(=O)OC1CSCCCO1.C=CC(=O)OC1CSCCCS1.C=CC(=O)OC1CSCCO1.C=CC(=O)OC1CSCCS1.C=CC(=O)OC1CSCO1.C=CC(=O)SC1CSCCCS1.C=CC(=O)SC1CSCCS1. The van der Waals surface area contributed by atoms with E-state index in [0.29, 0.717) is 77.4 Å².